The van der Waals surface area contributed by atoms with Crippen molar-refractivity contribution in [1.82, 2.24) is 0 Å². The van der Waals surface area contributed by atoms with E-state index in [1.54, 1.807) is 0 Å². The molecule has 0 spiro atoms. The highest BCUT2D eigenvalue weighted by Crippen LogP contribution is 2.43. The van der Waals surface area contributed by atoms with E-state index in [0.717, 1.165) is 19.3 Å². The molecule has 0 radical (unpaired) electrons. The van der Waals surface area contributed by atoms with E-state index in [0.29, 0.717) is 19.3 Å². The molecule has 0 amide bonds. The topological polar surface area (TPSA) is 72.8 Å². The fraction of sp³-hybridized carbons (Fsp3) is 0.812. The van der Waals surface area contributed by atoms with Gasteiger partial charge in [-0.15, -0.1) is 0 Å². The van der Waals surface area contributed by atoms with Gasteiger partial charge in [-0.3, -0.25) is 9.59 Å². The summed E-state index contributed by atoms with van der Waals surface area (Å²) in [4.78, 5) is 24.1. The molecule has 1 aliphatic rings. The zero-order chi connectivity index (χ0) is 30.1. The number of hydrogen-bond donors (Lipinski definition) is 1. The maximum atomic E-state index is 13.3. The van der Waals surface area contributed by atoms with Crippen LogP contribution in [-0.2, 0) is 18.4 Å². The molecule has 4 atom stereocenters. The van der Waals surface area contributed by atoms with Gasteiger partial charge in [-0.25, -0.2) is 0 Å². The second-order valence-corrected chi connectivity index (χ2v) is 24.1. The van der Waals surface area contributed by atoms with E-state index in [-0.39, 0.29) is 46.3 Å². The number of allylic oxidation sites excluding steroid dienone is 2. The van der Waals surface area contributed by atoms with Crippen LogP contribution in [0, 0.1) is 11.8 Å². The molecular formula is C32H60O5Si2. The first-order valence-electron chi connectivity index (χ1n) is 15.3. The molecule has 1 rings (SSSR count). The van der Waals surface area contributed by atoms with Crippen LogP contribution in [0.5, 0.6) is 0 Å². The molecule has 1 fully saturated rings. The first kappa shape index (κ1) is 36.0. The minimum atomic E-state index is -2.06. The molecule has 0 bridgehead atoms. The van der Waals surface area contributed by atoms with Crippen LogP contribution in [0.2, 0.25) is 36.3 Å². The van der Waals surface area contributed by atoms with Crippen molar-refractivity contribution in [1.29, 1.82) is 0 Å². The number of unbranched alkanes of at least 4 members (excludes halogenated alkanes) is 3. The van der Waals surface area contributed by atoms with Gasteiger partial charge >= 0.3 is 5.97 Å². The van der Waals surface area contributed by atoms with Gasteiger partial charge in [-0.05, 0) is 61.9 Å². The summed E-state index contributed by atoms with van der Waals surface area (Å²) in [6.07, 6.45) is 15.7. The zero-order valence-electron chi connectivity index (χ0n) is 27.1. The molecule has 1 saturated carbocycles. The fourth-order valence-electron chi connectivity index (χ4n) is 4.51. The molecule has 0 aromatic carbocycles. The molecule has 7 heteroatoms. The van der Waals surface area contributed by atoms with E-state index in [2.05, 4.69) is 92.9 Å². The van der Waals surface area contributed by atoms with Gasteiger partial charge in [0.25, 0.3) is 0 Å². The van der Waals surface area contributed by atoms with Gasteiger partial charge in [0, 0.05) is 24.7 Å². The van der Waals surface area contributed by atoms with Crippen LogP contribution in [0.3, 0.4) is 0 Å². The van der Waals surface area contributed by atoms with Crippen LogP contribution in [0.4, 0.5) is 0 Å². The number of Topliss-reactive ketones (excluding diaryl/α,β-unsaturated/α-hetero) is 1. The minimum absolute atomic E-state index is 0.0204. The van der Waals surface area contributed by atoms with Gasteiger partial charge in [0.2, 0.25) is 0 Å². The molecule has 5 nitrogen and oxygen atoms in total. The number of rotatable bonds is 16. The number of aliphatic carboxylic acids is 1. The highest BCUT2D eigenvalue weighted by Gasteiger charge is 2.47. The molecule has 0 aromatic rings. The van der Waals surface area contributed by atoms with Crippen molar-refractivity contribution >= 4 is 28.4 Å². The van der Waals surface area contributed by atoms with E-state index < -0.39 is 22.6 Å². The van der Waals surface area contributed by atoms with E-state index in [9.17, 15) is 9.59 Å². The summed E-state index contributed by atoms with van der Waals surface area (Å²) in [5, 5.41) is 9.09. The summed E-state index contributed by atoms with van der Waals surface area (Å²) in [7, 11) is -4.01. The molecule has 39 heavy (non-hydrogen) atoms. The zero-order valence-corrected chi connectivity index (χ0v) is 29.1. The van der Waals surface area contributed by atoms with Crippen LogP contribution in [-0.4, -0.2) is 45.7 Å². The van der Waals surface area contributed by atoms with Crippen LogP contribution in [0.1, 0.15) is 106 Å². The Morgan fingerprint density at radius 3 is 2.15 bits per heavy atom. The lowest BCUT2D eigenvalue weighted by Crippen LogP contribution is -2.45. The summed E-state index contributed by atoms with van der Waals surface area (Å²) < 4.78 is 13.8. The van der Waals surface area contributed by atoms with Crippen molar-refractivity contribution in [2.24, 2.45) is 11.8 Å². The summed E-state index contributed by atoms with van der Waals surface area (Å²) in [6.45, 7) is 25.0. The average molecular weight is 581 g/mol. The van der Waals surface area contributed by atoms with Crippen LogP contribution < -0.4 is 0 Å². The number of carbonyl (C=O) groups is 2. The van der Waals surface area contributed by atoms with Crippen molar-refractivity contribution in [3.05, 3.63) is 24.3 Å². The smallest absolute Gasteiger partial charge is 0.303 e. The normalized spacial score (nSPS) is 22.3. The minimum Gasteiger partial charge on any atom is -0.481 e. The molecular weight excluding hydrogens is 521 g/mol. The Labute approximate surface area is 242 Å². The van der Waals surface area contributed by atoms with Crippen LogP contribution in [0.25, 0.3) is 0 Å². The van der Waals surface area contributed by atoms with E-state index >= 15 is 0 Å². The van der Waals surface area contributed by atoms with Crippen molar-refractivity contribution < 1.29 is 23.5 Å². The highest BCUT2D eigenvalue weighted by molar-refractivity contribution is 6.74. The third-order valence-electron chi connectivity index (χ3n) is 9.17. The summed E-state index contributed by atoms with van der Waals surface area (Å²) in [5.74, 6) is -0.585. The SMILES string of the molecule is CCCCCC(/C=C/C1C(O[Si](C)(C)C(C)(C)C)CC(=O)C1C/C=C/CCCC(=O)O)O[Si](C)(C)C(C)(C)C. The van der Waals surface area contributed by atoms with Crippen molar-refractivity contribution in [3.8, 4) is 0 Å². The van der Waals surface area contributed by atoms with Gasteiger partial charge in [-0.2, -0.15) is 0 Å². The van der Waals surface area contributed by atoms with Gasteiger partial charge in [0.15, 0.2) is 16.6 Å². The lowest BCUT2D eigenvalue weighted by molar-refractivity contribution is -0.137. The van der Waals surface area contributed by atoms with Crippen molar-refractivity contribution in [2.75, 3.05) is 0 Å². The number of carbonyl (C=O) groups excluding carboxylic acids is 1. The number of ketones is 1. The number of carboxylic acids is 1. The molecule has 0 aromatic heterocycles. The maximum Gasteiger partial charge on any atom is 0.303 e. The Hall–Kier alpha value is -1.03. The second-order valence-electron chi connectivity index (χ2n) is 14.6. The molecule has 0 heterocycles. The lowest BCUT2D eigenvalue weighted by atomic mass is 9.90. The van der Waals surface area contributed by atoms with Crippen molar-refractivity contribution in [2.45, 2.75) is 155 Å². The van der Waals surface area contributed by atoms with E-state index in [4.69, 9.17) is 14.0 Å². The Morgan fingerprint density at radius 1 is 1.00 bits per heavy atom. The third-order valence-corrected chi connectivity index (χ3v) is 18.2. The molecule has 226 valence electrons. The largest absolute Gasteiger partial charge is 0.481 e. The fourth-order valence-corrected chi connectivity index (χ4v) is 7.17. The summed E-state index contributed by atoms with van der Waals surface area (Å²) in [6, 6.07) is 0. The monoisotopic (exact) mass is 580 g/mol. The first-order chi connectivity index (χ1) is 17.8. The molecule has 1 N–H and O–H groups in total. The van der Waals surface area contributed by atoms with Crippen LogP contribution in [0.15, 0.2) is 24.3 Å². The van der Waals surface area contributed by atoms with Gasteiger partial charge in [0.1, 0.15) is 5.78 Å². The number of hydrogen-bond acceptors (Lipinski definition) is 4. The second kappa shape index (κ2) is 15.3. The Kier molecular flexibility index (Phi) is 14.1. The summed E-state index contributed by atoms with van der Waals surface area (Å²) in [5.41, 5.74) is 0. The van der Waals surface area contributed by atoms with Crippen LogP contribution >= 0.6 is 0 Å². The molecule has 0 aliphatic heterocycles. The van der Waals surface area contributed by atoms with Crippen molar-refractivity contribution in [3.63, 3.8) is 0 Å². The predicted molar refractivity (Wildman–Crippen MR) is 169 cm³/mol. The Morgan fingerprint density at radius 2 is 1.62 bits per heavy atom. The third kappa shape index (κ3) is 11.8. The highest BCUT2D eigenvalue weighted by atomic mass is 28.4. The standard InChI is InChI=1S/C32H60O5Si2/c1-12-13-16-19-25(36-38(8,9)31(2,3)4)22-23-27-26(20-17-14-15-18-21-30(34)35)28(33)24-29(27)37-39(10,11)32(5,6)7/h14,17,22-23,25-27,29H,12-13,15-16,18-21,24H2,1-11H3,(H,34,35)/b17-14+,23-22+. The lowest BCUT2D eigenvalue weighted by Gasteiger charge is -2.40. The predicted octanol–water partition coefficient (Wildman–Crippen LogP) is 9.31. The quantitative estimate of drug-likeness (QED) is 0.112. The molecule has 4 unspecified atom stereocenters. The Bertz CT molecular complexity index is 832. The molecule has 1 aliphatic carbocycles. The first-order valence-corrected chi connectivity index (χ1v) is 21.1. The maximum absolute atomic E-state index is 13.3. The average Bonchev–Trinajstić information content (AvgIpc) is 3.05. The van der Waals surface area contributed by atoms with Gasteiger partial charge in [-0.1, -0.05) is 92.0 Å². The molecule has 0 saturated heterocycles. The van der Waals surface area contributed by atoms with E-state index in [1.165, 1.54) is 12.8 Å². The van der Waals surface area contributed by atoms with Gasteiger partial charge < -0.3 is 14.0 Å². The van der Waals surface area contributed by atoms with E-state index in [1.807, 2.05) is 6.08 Å². The number of carboxylic acid groups (broad SMARTS) is 1. The van der Waals surface area contributed by atoms with Gasteiger partial charge in [0.05, 0.1) is 12.2 Å². The Balaban J connectivity index is 3.23. The summed E-state index contributed by atoms with van der Waals surface area (Å²) >= 11 is 0.